The van der Waals surface area contributed by atoms with Gasteiger partial charge in [0.1, 0.15) is 18.0 Å². The minimum Gasteiger partial charge on any atom is -0.477 e. The number of pyridine rings is 1. The van der Waals surface area contributed by atoms with Crippen molar-refractivity contribution < 1.29 is 19.1 Å². The van der Waals surface area contributed by atoms with E-state index in [4.69, 9.17) is 15.2 Å². The topological polar surface area (TPSA) is 94.8 Å². The van der Waals surface area contributed by atoms with Crippen molar-refractivity contribution in [3.8, 4) is 5.75 Å². The average Bonchev–Trinajstić information content (AvgIpc) is 2.61. The van der Waals surface area contributed by atoms with Gasteiger partial charge in [-0.3, -0.25) is 9.69 Å². The van der Waals surface area contributed by atoms with Crippen molar-refractivity contribution in [2.24, 2.45) is 0 Å². The maximum absolute atomic E-state index is 12.8. The maximum atomic E-state index is 12.8. The first-order chi connectivity index (χ1) is 12.0. The largest absolute Gasteiger partial charge is 0.477 e. The lowest BCUT2D eigenvalue weighted by Gasteiger charge is -2.36. The number of anilines is 2. The number of carbonyl (C=O) groups excluding carboxylic acids is 2. The molecule has 2 aliphatic rings. The van der Waals surface area contributed by atoms with Crippen LogP contribution in [0.5, 0.6) is 5.75 Å². The molecule has 1 aliphatic carbocycles. The number of carbonyl (C=O) groups is 2. The molecule has 2 heterocycles. The van der Waals surface area contributed by atoms with Gasteiger partial charge in [0.15, 0.2) is 17.7 Å². The standard InChI is InChI=1S/C18H25N3O4/c1-3-13-17(22)21(16-14(25-13)9-10-15(19)20-16)11(2)18(23)24-12-7-5-4-6-8-12/h9-13H,3-8H2,1-2H3,(H2,19,20). The molecule has 0 radical (unpaired) electrons. The van der Waals surface area contributed by atoms with E-state index in [2.05, 4.69) is 4.98 Å². The third-order valence-corrected chi connectivity index (χ3v) is 4.81. The molecule has 2 atom stereocenters. The van der Waals surface area contributed by atoms with Crippen LogP contribution in [0.3, 0.4) is 0 Å². The summed E-state index contributed by atoms with van der Waals surface area (Å²) in [5.74, 6) is 0.303. The predicted octanol–water partition coefficient (Wildman–Crippen LogP) is 2.43. The van der Waals surface area contributed by atoms with Crippen LogP contribution >= 0.6 is 0 Å². The van der Waals surface area contributed by atoms with Crippen LogP contribution < -0.4 is 15.4 Å². The van der Waals surface area contributed by atoms with E-state index in [-0.39, 0.29) is 23.6 Å². The molecule has 1 fully saturated rings. The van der Waals surface area contributed by atoms with Gasteiger partial charge in [0.25, 0.3) is 5.91 Å². The van der Waals surface area contributed by atoms with Gasteiger partial charge in [-0.2, -0.15) is 0 Å². The van der Waals surface area contributed by atoms with E-state index in [9.17, 15) is 9.59 Å². The number of ether oxygens (including phenoxy) is 2. The van der Waals surface area contributed by atoms with Crippen LogP contribution in [0.4, 0.5) is 11.6 Å². The molecule has 0 spiro atoms. The van der Waals surface area contributed by atoms with Gasteiger partial charge in [-0.05, 0) is 51.2 Å². The normalized spacial score (nSPS) is 22.1. The third kappa shape index (κ3) is 3.55. The Morgan fingerprint density at radius 1 is 1.40 bits per heavy atom. The van der Waals surface area contributed by atoms with Crippen molar-refractivity contribution in [2.45, 2.75) is 70.6 Å². The number of nitrogens with two attached hydrogens (primary N) is 1. The van der Waals surface area contributed by atoms with Crippen LogP contribution in [-0.2, 0) is 14.3 Å². The Bertz CT molecular complexity index is 658. The number of hydrogen-bond donors (Lipinski definition) is 1. The first kappa shape index (κ1) is 17.5. The maximum Gasteiger partial charge on any atom is 0.329 e. The van der Waals surface area contributed by atoms with Gasteiger partial charge < -0.3 is 15.2 Å². The van der Waals surface area contributed by atoms with Gasteiger partial charge >= 0.3 is 5.97 Å². The summed E-state index contributed by atoms with van der Waals surface area (Å²) in [7, 11) is 0. The van der Waals surface area contributed by atoms with Crippen LogP contribution in [0, 0.1) is 0 Å². The van der Waals surface area contributed by atoms with Crippen molar-refractivity contribution in [2.75, 3.05) is 10.6 Å². The first-order valence-electron chi connectivity index (χ1n) is 8.98. The van der Waals surface area contributed by atoms with Gasteiger partial charge in [0.05, 0.1) is 0 Å². The molecule has 0 aromatic carbocycles. The zero-order chi connectivity index (χ0) is 18.0. The second kappa shape index (κ2) is 7.29. The van der Waals surface area contributed by atoms with Gasteiger partial charge in [-0.25, -0.2) is 9.78 Å². The summed E-state index contributed by atoms with van der Waals surface area (Å²) in [6, 6.07) is 2.52. The van der Waals surface area contributed by atoms with Gasteiger partial charge in [0.2, 0.25) is 0 Å². The van der Waals surface area contributed by atoms with Crippen LogP contribution in [0.15, 0.2) is 12.1 Å². The van der Waals surface area contributed by atoms with Crippen molar-refractivity contribution in [3.05, 3.63) is 12.1 Å². The fraction of sp³-hybridized carbons (Fsp3) is 0.611. The average molecular weight is 347 g/mol. The highest BCUT2D eigenvalue weighted by atomic mass is 16.5. The second-order valence-corrected chi connectivity index (χ2v) is 6.65. The first-order valence-corrected chi connectivity index (χ1v) is 8.98. The quantitative estimate of drug-likeness (QED) is 0.841. The Kier molecular flexibility index (Phi) is 5.11. The van der Waals surface area contributed by atoms with Crippen molar-refractivity contribution in [1.82, 2.24) is 4.98 Å². The number of amides is 1. The Morgan fingerprint density at radius 2 is 2.12 bits per heavy atom. The number of rotatable bonds is 4. The van der Waals surface area contributed by atoms with Crippen LogP contribution in [0.25, 0.3) is 0 Å². The molecular weight excluding hydrogens is 322 g/mol. The highest BCUT2D eigenvalue weighted by Crippen LogP contribution is 2.35. The summed E-state index contributed by atoms with van der Waals surface area (Å²) in [4.78, 5) is 31.0. The molecule has 1 aromatic heterocycles. The van der Waals surface area contributed by atoms with Crippen molar-refractivity contribution in [1.29, 1.82) is 0 Å². The molecule has 7 heteroatoms. The Labute approximate surface area is 147 Å². The number of nitrogen functional groups attached to an aromatic ring is 1. The zero-order valence-corrected chi connectivity index (χ0v) is 14.7. The molecule has 0 saturated heterocycles. The van der Waals surface area contributed by atoms with E-state index in [1.165, 1.54) is 11.3 Å². The predicted molar refractivity (Wildman–Crippen MR) is 93.3 cm³/mol. The third-order valence-electron chi connectivity index (χ3n) is 4.81. The van der Waals surface area contributed by atoms with Crippen LogP contribution in [0.1, 0.15) is 52.4 Å². The Balaban J connectivity index is 1.84. The van der Waals surface area contributed by atoms with E-state index >= 15 is 0 Å². The van der Waals surface area contributed by atoms with Crippen molar-refractivity contribution >= 4 is 23.5 Å². The van der Waals surface area contributed by atoms with E-state index < -0.39 is 18.1 Å². The summed E-state index contributed by atoms with van der Waals surface area (Å²) in [5.41, 5.74) is 5.76. The highest BCUT2D eigenvalue weighted by molar-refractivity contribution is 6.03. The molecule has 2 N–H and O–H groups in total. The Morgan fingerprint density at radius 3 is 2.80 bits per heavy atom. The molecule has 25 heavy (non-hydrogen) atoms. The lowest BCUT2D eigenvalue weighted by atomic mass is 9.98. The SMILES string of the molecule is CCC1Oc2ccc(N)nc2N(C(C)C(=O)OC2CCCCC2)C1=O. The fourth-order valence-corrected chi connectivity index (χ4v) is 3.36. The van der Waals surface area contributed by atoms with Crippen LogP contribution in [-0.4, -0.2) is 35.1 Å². The molecule has 7 nitrogen and oxygen atoms in total. The lowest BCUT2D eigenvalue weighted by molar-refractivity contribution is -0.153. The summed E-state index contributed by atoms with van der Waals surface area (Å²) in [6.07, 6.45) is 4.90. The van der Waals surface area contributed by atoms with E-state index in [0.717, 1.165) is 25.7 Å². The molecule has 1 amide bonds. The summed E-state index contributed by atoms with van der Waals surface area (Å²) >= 11 is 0. The monoisotopic (exact) mass is 347 g/mol. The summed E-state index contributed by atoms with van der Waals surface area (Å²) in [6.45, 7) is 3.53. The summed E-state index contributed by atoms with van der Waals surface area (Å²) < 4.78 is 11.3. The number of fused-ring (bicyclic) bond motifs is 1. The molecule has 3 rings (SSSR count). The lowest BCUT2D eigenvalue weighted by Crippen LogP contribution is -2.53. The molecule has 136 valence electrons. The zero-order valence-electron chi connectivity index (χ0n) is 14.7. The molecule has 1 saturated carbocycles. The van der Waals surface area contributed by atoms with Gasteiger partial charge in [-0.15, -0.1) is 0 Å². The second-order valence-electron chi connectivity index (χ2n) is 6.65. The summed E-state index contributed by atoms with van der Waals surface area (Å²) in [5, 5.41) is 0. The van der Waals surface area contributed by atoms with E-state index in [0.29, 0.717) is 12.2 Å². The highest BCUT2D eigenvalue weighted by Gasteiger charge is 2.40. The molecule has 2 unspecified atom stereocenters. The molecule has 1 aromatic rings. The minimum absolute atomic E-state index is 0.0601. The molecule has 0 bridgehead atoms. The van der Waals surface area contributed by atoms with E-state index in [1.807, 2.05) is 6.92 Å². The smallest absolute Gasteiger partial charge is 0.329 e. The Hall–Kier alpha value is -2.31. The van der Waals surface area contributed by atoms with Gasteiger partial charge in [-0.1, -0.05) is 13.3 Å². The number of esters is 1. The number of hydrogen-bond acceptors (Lipinski definition) is 6. The van der Waals surface area contributed by atoms with Crippen molar-refractivity contribution in [3.63, 3.8) is 0 Å². The molecular formula is C18H25N3O4. The van der Waals surface area contributed by atoms with Gasteiger partial charge in [0, 0.05) is 0 Å². The number of nitrogens with zero attached hydrogens (tertiary/aromatic N) is 2. The van der Waals surface area contributed by atoms with Crippen LogP contribution in [0.2, 0.25) is 0 Å². The fourth-order valence-electron chi connectivity index (χ4n) is 3.36. The number of aromatic nitrogens is 1. The molecule has 1 aliphatic heterocycles. The minimum atomic E-state index is -0.777. The van der Waals surface area contributed by atoms with E-state index in [1.54, 1.807) is 19.1 Å².